The summed E-state index contributed by atoms with van der Waals surface area (Å²) >= 11 is 0. The van der Waals surface area contributed by atoms with Crippen LogP contribution in [0.4, 0.5) is 13.2 Å². The van der Waals surface area contributed by atoms with Crippen LogP contribution in [-0.4, -0.2) is 24.1 Å². The highest BCUT2D eigenvalue weighted by Crippen LogP contribution is 2.33. The van der Waals surface area contributed by atoms with Crippen LogP contribution in [0.1, 0.15) is 23.1 Å². The molecule has 1 aromatic heterocycles. The highest BCUT2D eigenvalue weighted by Gasteiger charge is 2.35. The van der Waals surface area contributed by atoms with Crippen molar-refractivity contribution in [1.29, 1.82) is 5.26 Å². The van der Waals surface area contributed by atoms with Gasteiger partial charge >= 0.3 is 6.18 Å². The lowest BCUT2D eigenvalue weighted by Crippen LogP contribution is -2.31. The number of alkyl halides is 3. The smallest absolute Gasteiger partial charge is 0.274 e. The van der Waals surface area contributed by atoms with Crippen molar-refractivity contribution in [2.45, 2.75) is 31.0 Å². The zero-order chi connectivity index (χ0) is 19.5. The van der Waals surface area contributed by atoms with Crippen LogP contribution in [0.25, 0.3) is 0 Å². The van der Waals surface area contributed by atoms with Gasteiger partial charge in [0.15, 0.2) is 0 Å². The molecule has 0 aliphatic carbocycles. The third-order valence-electron chi connectivity index (χ3n) is 3.31. The molecule has 0 bridgehead atoms. The van der Waals surface area contributed by atoms with E-state index in [9.17, 15) is 26.4 Å². The molecule has 1 N–H and O–H groups in total. The molecule has 0 atom stereocenters. The monoisotopic (exact) mass is 386 g/mol. The molecule has 0 radical (unpaired) electrons. The predicted octanol–water partition coefficient (Wildman–Crippen LogP) is 1.98. The summed E-state index contributed by atoms with van der Waals surface area (Å²) in [6, 6.07) is 3.25. The highest BCUT2D eigenvalue weighted by atomic mass is 32.2. The molecule has 1 amide bonds. The molecule has 2 rings (SSSR count). The number of carbonyl (C=O) groups is 1. The highest BCUT2D eigenvalue weighted by molar-refractivity contribution is 7.90. The lowest BCUT2D eigenvalue weighted by Gasteiger charge is -2.12. The van der Waals surface area contributed by atoms with E-state index in [0.717, 1.165) is 17.7 Å². The summed E-state index contributed by atoms with van der Waals surface area (Å²) in [6.07, 6.45) is -1.93. The average molecular weight is 386 g/mol. The molecular formula is C15H13F3N4O3S. The molecule has 11 heteroatoms. The fourth-order valence-corrected chi connectivity index (χ4v) is 3.13. The number of sulfonamides is 1. The first-order valence-electron chi connectivity index (χ1n) is 7.19. The number of nitrogens with one attached hydrogen (secondary N) is 1. The summed E-state index contributed by atoms with van der Waals surface area (Å²) in [5, 5.41) is 12.7. The number of amides is 1. The van der Waals surface area contributed by atoms with E-state index in [2.05, 4.69) is 5.10 Å². The van der Waals surface area contributed by atoms with E-state index in [-0.39, 0.29) is 13.0 Å². The largest absolute Gasteiger partial charge is 0.417 e. The number of carbonyl (C=O) groups excluding carboxylic acids is 1. The van der Waals surface area contributed by atoms with E-state index in [0.29, 0.717) is 6.07 Å². The lowest BCUT2D eigenvalue weighted by molar-refractivity contribution is -0.137. The summed E-state index contributed by atoms with van der Waals surface area (Å²) in [6.45, 7) is 1.90. The van der Waals surface area contributed by atoms with Crippen molar-refractivity contribution in [1.82, 2.24) is 14.5 Å². The Labute approximate surface area is 147 Å². The van der Waals surface area contributed by atoms with Gasteiger partial charge in [0.05, 0.1) is 28.3 Å². The predicted molar refractivity (Wildman–Crippen MR) is 83.1 cm³/mol. The topological polar surface area (TPSA) is 105 Å². The van der Waals surface area contributed by atoms with E-state index in [1.165, 1.54) is 10.8 Å². The van der Waals surface area contributed by atoms with Crippen LogP contribution in [0.3, 0.4) is 0 Å². The lowest BCUT2D eigenvalue weighted by atomic mass is 10.1. The number of nitriles is 1. The molecule has 26 heavy (non-hydrogen) atoms. The number of benzene rings is 1. The van der Waals surface area contributed by atoms with E-state index < -0.39 is 38.1 Å². The molecule has 1 heterocycles. The fourth-order valence-electron chi connectivity index (χ4n) is 2.09. The van der Waals surface area contributed by atoms with Crippen molar-refractivity contribution < 1.29 is 26.4 Å². The Morgan fingerprint density at radius 3 is 2.62 bits per heavy atom. The number of nitrogens with zero attached hydrogens (tertiary/aromatic N) is 3. The maximum Gasteiger partial charge on any atom is 0.417 e. The quantitative estimate of drug-likeness (QED) is 0.846. The van der Waals surface area contributed by atoms with Crippen LogP contribution in [0, 0.1) is 18.3 Å². The number of rotatable bonds is 5. The van der Waals surface area contributed by atoms with Gasteiger partial charge in [0.1, 0.15) is 0 Å². The Hall–Kier alpha value is -2.87. The Morgan fingerprint density at radius 1 is 1.38 bits per heavy atom. The van der Waals surface area contributed by atoms with Crippen molar-refractivity contribution in [3.63, 3.8) is 0 Å². The van der Waals surface area contributed by atoms with E-state index in [1.54, 1.807) is 24.0 Å². The molecule has 0 fully saturated rings. The summed E-state index contributed by atoms with van der Waals surface area (Å²) < 4.78 is 66.2. The first-order valence-corrected chi connectivity index (χ1v) is 8.67. The van der Waals surface area contributed by atoms with Gasteiger partial charge in [-0.1, -0.05) is 0 Å². The van der Waals surface area contributed by atoms with Crippen LogP contribution in [-0.2, 0) is 27.5 Å². The maximum absolute atomic E-state index is 12.9. The first kappa shape index (κ1) is 19.5. The van der Waals surface area contributed by atoms with Gasteiger partial charge in [0, 0.05) is 19.2 Å². The molecule has 2 aromatic rings. The van der Waals surface area contributed by atoms with E-state index >= 15 is 0 Å². The van der Waals surface area contributed by atoms with Gasteiger partial charge in [-0.3, -0.25) is 9.48 Å². The third-order valence-corrected chi connectivity index (χ3v) is 4.68. The molecule has 0 aliphatic rings. The van der Waals surface area contributed by atoms with Gasteiger partial charge < -0.3 is 0 Å². The normalized spacial score (nSPS) is 11.8. The molecule has 7 nitrogen and oxygen atoms in total. The van der Waals surface area contributed by atoms with Gasteiger partial charge in [-0.2, -0.15) is 23.5 Å². The van der Waals surface area contributed by atoms with Crippen LogP contribution in [0.2, 0.25) is 0 Å². The minimum Gasteiger partial charge on any atom is -0.274 e. The van der Waals surface area contributed by atoms with Crippen molar-refractivity contribution in [3.05, 3.63) is 47.3 Å². The number of hydrogen-bond donors (Lipinski definition) is 1. The number of hydrogen-bond acceptors (Lipinski definition) is 5. The Balaban J connectivity index is 2.16. The van der Waals surface area contributed by atoms with Crippen molar-refractivity contribution in [3.8, 4) is 6.07 Å². The van der Waals surface area contributed by atoms with Gasteiger partial charge in [0.2, 0.25) is 5.91 Å². The summed E-state index contributed by atoms with van der Waals surface area (Å²) in [4.78, 5) is 11.1. The number of aromatic nitrogens is 2. The van der Waals surface area contributed by atoms with Gasteiger partial charge in [-0.15, -0.1) is 0 Å². The third kappa shape index (κ3) is 4.60. The SMILES string of the molecule is Cc1cnn(CCC(=O)NS(=O)(=O)c2ccc(C#N)c(C(F)(F)F)c2)c1. The molecule has 0 saturated carbocycles. The zero-order valence-electron chi connectivity index (χ0n) is 13.4. The van der Waals surface area contributed by atoms with Gasteiger partial charge in [0.25, 0.3) is 10.0 Å². The van der Waals surface area contributed by atoms with Crippen LogP contribution in [0.5, 0.6) is 0 Å². The summed E-state index contributed by atoms with van der Waals surface area (Å²) in [5.41, 5.74) is -1.24. The maximum atomic E-state index is 12.9. The van der Waals surface area contributed by atoms with E-state index in [4.69, 9.17) is 5.26 Å². The Morgan fingerprint density at radius 2 is 2.08 bits per heavy atom. The molecule has 0 aliphatic heterocycles. The first-order chi connectivity index (χ1) is 12.0. The summed E-state index contributed by atoms with van der Waals surface area (Å²) in [7, 11) is -4.51. The second kappa shape index (κ2) is 7.17. The molecule has 0 saturated heterocycles. The van der Waals surface area contributed by atoms with Crippen LogP contribution >= 0.6 is 0 Å². The van der Waals surface area contributed by atoms with Crippen molar-refractivity contribution in [2.24, 2.45) is 0 Å². The Kier molecular flexibility index (Phi) is 5.36. The standard InChI is InChI=1S/C15H13F3N4O3S/c1-10-8-20-22(9-10)5-4-14(23)21-26(24,25)12-3-2-11(7-19)13(6-12)15(16,17)18/h2-3,6,8-9H,4-5H2,1H3,(H,21,23). The van der Waals surface area contributed by atoms with Crippen molar-refractivity contribution in [2.75, 3.05) is 0 Å². The fraction of sp³-hybridized carbons (Fsp3) is 0.267. The Bertz CT molecular complexity index is 975. The molecule has 1 aromatic carbocycles. The van der Waals surface area contributed by atoms with Gasteiger partial charge in [-0.05, 0) is 30.7 Å². The number of halogens is 3. The summed E-state index contributed by atoms with van der Waals surface area (Å²) in [5.74, 6) is -0.893. The minimum absolute atomic E-state index is 0.108. The zero-order valence-corrected chi connectivity index (χ0v) is 14.2. The van der Waals surface area contributed by atoms with Gasteiger partial charge in [-0.25, -0.2) is 13.1 Å². The molecule has 0 unspecified atom stereocenters. The second-order valence-corrected chi connectivity index (χ2v) is 7.06. The number of aryl methyl sites for hydroxylation is 2. The minimum atomic E-state index is -4.90. The average Bonchev–Trinajstić information content (AvgIpc) is 2.96. The second-order valence-electron chi connectivity index (χ2n) is 5.38. The van der Waals surface area contributed by atoms with E-state index in [1.807, 2.05) is 0 Å². The molecule has 0 spiro atoms. The molecular weight excluding hydrogens is 373 g/mol. The van der Waals surface area contributed by atoms with Crippen molar-refractivity contribution >= 4 is 15.9 Å². The molecule has 138 valence electrons. The van der Waals surface area contributed by atoms with Crippen LogP contribution < -0.4 is 4.72 Å². The van der Waals surface area contributed by atoms with Crippen LogP contribution in [0.15, 0.2) is 35.5 Å².